The Morgan fingerprint density at radius 1 is 1.42 bits per heavy atom. The fourth-order valence-electron chi connectivity index (χ4n) is 1.74. The predicted octanol–water partition coefficient (Wildman–Crippen LogP) is -1.45. The van der Waals surface area contributed by atoms with Gasteiger partial charge in [0.2, 0.25) is 5.91 Å². The summed E-state index contributed by atoms with van der Waals surface area (Å²) in [6.45, 7) is 0. The van der Waals surface area contributed by atoms with Crippen molar-refractivity contribution < 1.29 is 32.6 Å². The van der Waals surface area contributed by atoms with Gasteiger partial charge in [0.15, 0.2) is 9.84 Å². The number of carboxylic acid groups (broad SMARTS) is 1. The van der Waals surface area contributed by atoms with E-state index in [4.69, 9.17) is 5.11 Å². The fourth-order valence-corrected chi connectivity index (χ4v) is 3.48. The van der Waals surface area contributed by atoms with Crippen molar-refractivity contribution in [3.63, 3.8) is 0 Å². The number of carbonyl (C=O) groups is 3. The van der Waals surface area contributed by atoms with Crippen LogP contribution in [-0.2, 0) is 29.0 Å². The summed E-state index contributed by atoms with van der Waals surface area (Å²) in [5.41, 5.74) is 0. The lowest BCUT2D eigenvalue weighted by Gasteiger charge is -2.15. The van der Waals surface area contributed by atoms with Crippen molar-refractivity contribution >= 4 is 27.7 Å². The third-order valence-corrected chi connectivity index (χ3v) is 4.58. The van der Waals surface area contributed by atoms with Gasteiger partial charge in [0.05, 0.1) is 31.0 Å². The molecule has 1 amide bonds. The van der Waals surface area contributed by atoms with Crippen molar-refractivity contribution in [2.24, 2.45) is 5.92 Å². The number of rotatable bonds is 5. The number of carbonyl (C=O) groups excluding carboxylic acids is 2. The Balaban J connectivity index is 2.62. The first-order chi connectivity index (χ1) is 8.75. The van der Waals surface area contributed by atoms with Crippen LogP contribution < -0.4 is 5.32 Å². The molecule has 1 rings (SSSR count). The molecule has 2 atom stereocenters. The maximum Gasteiger partial charge on any atom is 0.326 e. The van der Waals surface area contributed by atoms with Crippen molar-refractivity contribution in [1.82, 2.24) is 5.32 Å². The Morgan fingerprint density at radius 3 is 2.47 bits per heavy atom. The molecule has 0 radical (unpaired) electrons. The Morgan fingerprint density at radius 2 is 2.05 bits per heavy atom. The second kappa shape index (κ2) is 6.00. The molecule has 0 aromatic carbocycles. The van der Waals surface area contributed by atoms with E-state index in [1.165, 1.54) is 0 Å². The van der Waals surface area contributed by atoms with E-state index in [9.17, 15) is 22.8 Å². The zero-order valence-corrected chi connectivity index (χ0v) is 11.1. The lowest BCUT2D eigenvalue weighted by Crippen LogP contribution is -2.45. The van der Waals surface area contributed by atoms with E-state index in [1.54, 1.807) is 0 Å². The average molecular weight is 293 g/mol. The number of ether oxygens (including phenoxy) is 1. The van der Waals surface area contributed by atoms with E-state index in [2.05, 4.69) is 10.1 Å². The summed E-state index contributed by atoms with van der Waals surface area (Å²) in [4.78, 5) is 33.6. The Kier molecular flexibility index (Phi) is 4.87. The van der Waals surface area contributed by atoms with Gasteiger partial charge in [-0.1, -0.05) is 0 Å². The standard InChI is InChI=1S/C10H15NO7S/c1-18-8(12)4-7(10(14)15)11-9(13)6-2-3-19(16,17)5-6/h6-7H,2-5H2,1H3,(H,11,13)(H,14,15)/t6?,7-/m0/s1. The van der Waals surface area contributed by atoms with Gasteiger partial charge < -0.3 is 15.2 Å². The van der Waals surface area contributed by atoms with Gasteiger partial charge in [0.1, 0.15) is 6.04 Å². The number of sulfone groups is 1. The van der Waals surface area contributed by atoms with Gasteiger partial charge in [-0.25, -0.2) is 13.2 Å². The van der Waals surface area contributed by atoms with Gasteiger partial charge in [-0.2, -0.15) is 0 Å². The highest BCUT2D eigenvalue weighted by molar-refractivity contribution is 7.91. The Bertz CT molecular complexity index is 484. The zero-order chi connectivity index (χ0) is 14.6. The predicted molar refractivity (Wildman–Crippen MR) is 63.0 cm³/mol. The van der Waals surface area contributed by atoms with Crippen LogP contribution in [0.1, 0.15) is 12.8 Å². The van der Waals surface area contributed by atoms with Gasteiger partial charge in [0, 0.05) is 0 Å². The van der Waals surface area contributed by atoms with Crippen LogP contribution in [0.25, 0.3) is 0 Å². The molecule has 1 saturated heterocycles. The van der Waals surface area contributed by atoms with Crippen molar-refractivity contribution in [3.8, 4) is 0 Å². The molecular weight excluding hydrogens is 278 g/mol. The van der Waals surface area contributed by atoms with E-state index in [1.807, 2.05) is 0 Å². The molecular formula is C10H15NO7S. The lowest BCUT2D eigenvalue weighted by atomic mass is 10.1. The molecule has 0 aromatic rings. The van der Waals surface area contributed by atoms with Gasteiger partial charge in [0.25, 0.3) is 0 Å². The van der Waals surface area contributed by atoms with Crippen LogP contribution in [0.4, 0.5) is 0 Å². The van der Waals surface area contributed by atoms with Crippen molar-refractivity contribution in [2.75, 3.05) is 18.6 Å². The summed E-state index contributed by atoms with van der Waals surface area (Å²) < 4.78 is 26.8. The fraction of sp³-hybridized carbons (Fsp3) is 0.700. The minimum Gasteiger partial charge on any atom is -0.480 e. The number of hydrogen-bond donors (Lipinski definition) is 2. The smallest absolute Gasteiger partial charge is 0.326 e. The van der Waals surface area contributed by atoms with Crippen molar-refractivity contribution in [3.05, 3.63) is 0 Å². The lowest BCUT2D eigenvalue weighted by molar-refractivity contribution is -0.149. The zero-order valence-electron chi connectivity index (χ0n) is 10.3. The number of carboxylic acids is 1. The first kappa shape index (κ1) is 15.4. The maximum absolute atomic E-state index is 11.7. The van der Waals surface area contributed by atoms with E-state index < -0.39 is 46.1 Å². The molecule has 19 heavy (non-hydrogen) atoms. The van der Waals surface area contributed by atoms with Gasteiger partial charge in [-0.15, -0.1) is 0 Å². The van der Waals surface area contributed by atoms with Crippen LogP contribution in [0.3, 0.4) is 0 Å². The molecule has 0 spiro atoms. The van der Waals surface area contributed by atoms with E-state index in [0.29, 0.717) is 0 Å². The number of esters is 1. The minimum absolute atomic E-state index is 0.0835. The normalized spacial score (nSPS) is 22.5. The minimum atomic E-state index is -3.22. The molecule has 1 heterocycles. The summed E-state index contributed by atoms with van der Waals surface area (Å²) in [6, 6.07) is -1.41. The van der Waals surface area contributed by atoms with E-state index in [-0.39, 0.29) is 17.9 Å². The largest absolute Gasteiger partial charge is 0.480 e. The van der Waals surface area contributed by atoms with Gasteiger partial charge in [-0.05, 0) is 6.42 Å². The molecule has 8 nitrogen and oxygen atoms in total. The maximum atomic E-state index is 11.7. The molecule has 0 saturated carbocycles. The summed E-state index contributed by atoms with van der Waals surface area (Å²) in [7, 11) is -2.12. The van der Waals surface area contributed by atoms with Crippen LogP contribution in [0, 0.1) is 5.92 Å². The molecule has 108 valence electrons. The van der Waals surface area contributed by atoms with Gasteiger partial charge in [-0.3, -0.25) is 9.59 Å². The topological polar surface area (TPSA) is 127 Å². The molecule has 9 heteroatoms. The monoisotopic (exact) mass is 293 g/mol. The number of methoxy groups -OCH3 is 1. The Hall–Kier alpha value is -1.64. The SMILES string of the molecule is COC(=O)C[C@H](NC(=O)C1CCS(=O)(=O)C1)C(=O)O. The van der Waals surface area contributed by atoms with E-state index >= 15 is 0 Å². The third kappa shape index (κ3) is 4.51. The summed E-state index contributed by atoms with van der Waals surface area (Å²) in [5.74, 6) is -3.95. The molecule has 0 aromatic heterocycles. The highest BCUT2D eigenvalue weighted by Crippen LogP contribution is 2.18. The van der Waals surface area contributed by atoms with Crippen LogP contribution in [0.15, 0.2) is 0 Å². The second-order valence-corrected chi connectivity index (χ2v) is 6.51. The van der Waals surface area contributed by atoms with E-state index in [0.717, 1.165) is 7.11 Å². The molecule has 1 aliphatic heterocycles. The third-order valence-electron chi connectivity index (χ3n) is 2.82. The highest BCUT2D eigenvalue weighted by atomic mass is 32.2. The number of amides is 1. The summed E-state index contributed by atoms with van der Waals surface area (Å²) in [6.07, 6.45) is -0.338. The molecule has 2 N–H and O–H groups in total. The molecule has 0 bridgehead atoms. The van der Waals surface area contributed by atoms with Crippen molar-refractivity contribution in [2.45, 2.75) is 18.9 Å². The highest BCUT2D eigenvalue weighted by Gasteiger charge is 2.35. The average Bonchev–Trinajstić information content (AvgIpc) is 2.68. The van der Waals surface area contributed by atoms with Crippen LogP contribution in [0.2, 0.25) is 0 Å². The first-order valence-electron chi connectivity index (χ1n) is 5.55. The first-order valence-corrected chi connectivity index (χ1v) is 7.37. The summed E-state index contributed by atoms with van der Waals surface area (Å²) in [5, 5.41) is 11.0. The molecule has 1 fully saturated rings. The van der Waals surface area contributed by atoms with Crippen LogP contribution >= 0.6 is 0 Å². The number of hydrogen-bond acceptors (Lipinski definition) is 6. The van der Waals surface area contributed by atoms with Crippen LogP contribution in [-0.4, -0.2) is 56.0 Å². The van der Waals surface area contributed by atoms with Gasteiger partial charge >= 0.3 is 11.9 Å². The van der Waals surface area contributed by atoms with Crippen LogP contribution in [0.5, 0.6) is 0 Å². The second-order valence-electron chi connectivity index (χ2n) is 4.28. The molecule has 0 aliphatic carbocycles. The number of aliphatic carboxylic acids is 1. The quantitative estimate of drug-likeness (QED) is 0.594. The summed E-state index contributed by atoms with van der Waals surface area (Å²) >= 11 is 0. The molecule has 1 unspecified atom stereocenters. The van der Waals surface area contributed by atoms with Crippen molar-refractivity contribution in [1.29, 1.82) is 0 Å². The Labute approximate surface area is 110 Å². The molecule has 1 aliphatic rings. The number of nitrogens with one attached hydrogen (secondary N) is 1.